The lowest BCUT2D eigenvalue weighted by Gasteiger charge is -2.08. The third-order valence-corrected chi connectivity index (χ3v) is 4.48. The molecule has 0 aromatic heterocycles. The lowest BCUT2D eigenvalue weighted by Crippen LogP contribution is -1.92. The number of aromatic amines is 2. The second kappa shape index (κ2) is 5.73. The summed E-state index contributed by atoms with van der Waals surface area (Å²) in [5, 5.41) is 11.7. The van der Waals surface area contributed by atoms with Gasteiger partial charge in [-0.05, 0) is 48.2 Å². The molecule has 1 aliphatic carbocycles. The van der Waals surface area contributed by atoms with Gasteiger partial charge in [0.1, 0.15) is 11.6 Å². The van der Waals surface area contributed by atoms with Gasteiger partial charge in [0.15, 0.2) is 11.5 Å². The standard InChI is InChI=1S/C19H18FN3O2/c1-10-13-8-15(24-2)16(25-3)9-14(13)18-17(10)19(23-22-18)21-12-6-4-5-11(20)7-12/h4-9,21-23H,1-3H3. The number of rotatable bonds is 4. The summed E-state index contributed by atoms with van der Waals surface area (Å²) < 4.78 is 24.3. The van der Waals surface area contributed by atoms with Crippen molar-refractivity contribution in [3.8, 4) is 22.8 Å². The van der Waals surface area contributed by atoms with Crippen LogP contribution in [0.25, 0.3) is 22.0 Å². The van der Waals surface area contributed by atoms with Crippen molar-refractivity contribution in [2.75, 3.05) is 19.5 Å². The molecule has 128 valence electrons. The molecule has 6 heteroatoms. The van der Waals surface area contributed by atoms with Crippen LogP contribution in [0, 0.1) is 12.7 Å². The maximum Gasteiger partial charge on any atom is 0.161 e. The van der Waals surface area contributed by atoms with E-state index in [9.17, 15) is 4.39 Å². The Labute approximate surface area is 144 Å². The highest BCUT2D eigenvalue weighted by molar-refractivity contribution is 6.08. The summed E-state index contributed by atoms with van der Waals surface area (Å²) in [6, 6.07) is 10.3. The van der Waals surface area contributed by atoms with Gasteiger partial charge in [0, 0.05) is 16.6 Å². The first-order chi connectivity index (χ1) is 12.1. The summed E-state index contributed by atoms with van der Waals surface area (Å²) in [6.07, 6.45) is 0. The van der Waals surface area contributed by atoms with Crippen LogP contribution in [0.2, 0.25) is 0 Å². The summed E-state index contributed by atoms with van der Waals surface area (Å²) in [7, 11) is 3.24. The van der Waals surface area contributed by atoms with Crippen LogP contribution in [0.5, 0.6) is 11.5 Å². The van der Waals surface area contributed by atoms with Gasteiger partial charge in [-0.15, -0.1) is 0 Å². The van der Waals surface area contributed by atoms with Crippen molar-refractivity contribution >= 4 is 22.3 Å². The Kier molecular flexibility index (Phi) is 3.53. The quantitative estimate of drug-likeness (QED) is 0.500. The first kappa shape index (κ1) is 15.4. The number of methoxy groups -OCH3 is 2. The number of benzene rings is 2. The fourth-order valence-corrected chi connectivity index (χ4v) is 3.29. The van der Waals surface area contributed by atoms with Crippen LogP contribution < -0.4 is 14.8 Å². The number of hydrogen-bond acceptors (Lipinski definition) is 3. The van der Waals surface area contributed by atoms with E-state index in [2.05, 4.69) is 22.4 Å². The molecule has 0 saturated carbocycles. The third-order valence-electron chi connectivity index (χ3n) is 4.48. The van der Waals surface area contributed by atoms with Crippen LogP contribution in [-0.2, 0) is 0 Å². The molecule has 1 heterocycles. The minimum Gasteiger partial charge on any atom is -0.493 e. The molecule has 0 radical (unpaired) electrons. The van der Waals surface area contributed by atoms with Gasteiger partial charge in [0.05, 0.1) is 19.9 Å². The molecule has 0 saturated heterocycles. The molecular formula is C19H18FN3O2. The van der Waals surface area contributed by atoms with Gasteiger partial charge in [0.2, 0.25) is 0 Å². The number of H-pyrrole nitrogens is 2. The summed E-state index contributed by atoms with van der Waals surface area (Å²) in [6.45, 7) is 2.05. The van der Waals surface area contributed by atoms with Crippen LogP contribution in [0.4, 0.5) is 15.9 Å². The maximum atomic E-state index is 13.4. The molecule has 2 aliphatic rings. The Hall–Kier alpha value is -3.15. The Morgan fingerprint density at radius 2 is 1.68 bits per heavy atom. The van der Waals surface area contributed by atoms with Crippen molar-refractivity contribution in [2.24, 2.45) is 0 Å². The van der Waals surface area contributed by atoms with Gasteiger partial charge in [-0.2, -0.15) is 0 Å². The predicted molar refractivity (Wildman–Crippen MR) is 96.8 cm³/mol. The fourth-order valence-electron chi connectivity index (χ4n) is 3.29. The van der Waals surface area contributed by atoms with Crippen molar-refractivity contribution in [3.63, 3.8) is 0 Å². The van der Waals surface area contributed by atoms with Crippen molar-refractivity contribution in [3.05, 3.63) is 47.8 Å². The lowest BCUT2D eigenvalue weighted by molar-refractivity contribution is 0.356. The minimum absolute atomic E-state index is 0.282. The SMILES string of the molecule is COc1cc2c3[nH][nH]c(Nc4cccc(F)c4)c-3c(C)c2cc1OC. The number of ether oxygens (including phenoxy) is 2. The van der Waals surface area contributed by atoms with Gasteiger partial charge >= 0.3 is 0 Å². The molecule has 0 fully saturated rings. The van der Waals surface area contributed by atoms with E-state index in [-0.39, 0.29) is 5.82 Å². The van der Waals surface area contributed by atoms with Crippen LogP contribution in [0.3, 0.4) is 0 Å². The van der Waals surface area contributed by atoms with Gasteiger partial charge in [0.25, 0.3) is 0 Å². The highest BCUT2D eigenvalue weighted by Gasteiger charge is 2.23. The van der Waals surface area contributed by atoms with E-state index in [1.165, 1.54) is 12.1 Å². The van der Waals surface area contributed by atoms with E-state index in [1.54, 1.807) is 20.3 Å². The first-order valence-electron chi connectivity index (χ1n) is 7.89. The largest absolute Gasteiger partial charge is 0.493 e. The second-order valence-corrected chi connectivity index (χ2v) is 5.89. The molecular weight excluding hydrogens is 321 g/mol. The van der Waals surface area contributed by atoms with E-state index in [1.807, 2.05) is 18.2 Å². The van der Waals surface area contributed by atoms with E-state index in [0.717, 1.165) is 33.4 Å². The topological polar surface area (TPSA) is 62.1 Å². The van der Waals surface area contributed by atoms with E-state index in [0.29, 0.717) is 17.2 Å². The zero-order valence-corrected chi connectivity index (χ0v) is 14.2. The molecule has 0 atom stereocenters. The molecule has 0 bridgehead atoms. The normalized spacial score (nSPS) is 11.2. The second-order valence-electron chi connectivity index (χ2n) is 5.89. The molecule has 4 rings (SSSR count). The molecule has 1 aliphatic heterocycles. The summed E-state index contributed by atoms with van der Waals surface area (Å²) in [5.74, 6) is 1.87. The highest BCUT2D eigenvalue weighted by atomic mass is 19.1. The monoisotopic (exact) mass is 339 g/mol. The third kappa shape index (κ3) is 2.38. The summed E-state index contributed by atoms with van der Waals surface area (Å²) in [5.41, 5.74) is 3.77. The first-order valence-corrected chi connectivity index (χ1v) is 7.89. The minimum atomic E-state index is -0.282. The fraction of sp³-hybridized carbons (Fsp3) is 0.158. The Bertz CT molecular complexity index is 1030. The Morgan fingerprint density at radius 3 is 2.36 bits per heavy atom. The molecule has 5 nitrogen and oxygen atoms in total. The average Bonchev–Trinajstić information content (AvgIpc) is 3.14. The summed E-state index contributed by atoms with van der Waals surface area (Å²) >= 11 is 0. The van der Waals surface area contributed by atoms with Crippen LogP contribution in [-0.4, -0.2) is 24.4 Å². The van der Waals surface area contributed by atoms with Gasteiger partial charge in [-0.3, -0.25) is 10.2 Å². The van der Waals surface area contributed by atoms with Crippen LogP contribution >= 0.6 is 0 Å². The zero-order valence-electron chi connectivity index (χ0n) is 14.2. The summed E-state index contributed by atoms with van der Waals surface area (Å²) in [4.78, 5) is 0. The molecule has 0 amide bonds. The van der Waals surface area contributed by atoms with Crippen LogP contribution in [0.15, 0.2) is 36.4 Å². The number of fused-ring (bicyclic) bond motifs is 3. The zero-order chi connectivity index (χ0) is 17.6. The smallest absolute Gasteiger partial charge is 0.161 e. The van der Waals surface area contributed by atoms with Crippen molar-refractivity contribution < 1.29 is 13.9 Å². The molecule has 25 heavy (non-hydrogen) atoms. The number of aryl methyl sites for hydroxylation is 1. The Balaban J connectivity index is 1.86. The Morgan fingerprint density at radius 1 is 0.960 bits per heavy atom. The molecule has 0 spiro atoms. The van der Waals surface area contributed by atoms with Crippen molar-refractivity contribution in [1.29, 1.82) is 0 Å². The average molecular weight is 339 g/mol. The van der Waals surface area contributed by atoms with E-state index < -0.39 is 0 Å². The maximum absolute atomic E-state index is 13.4. The number of hydrogen-bond donors (Lipinski definition) is 3. The van der Waals surface area contributed by atoms with Gasteiger partial charge < -0.3 is 14.8 Å². The predicted octanol–water partition coefficient (Wildman–Crippen LogP) is 4.81. The van der Waals surface area contributed by atoms with Crippen molar-refractivity contribution in [2.45, 2.75) is 6.92 Å². The number of aromatic nitrogens is 2. The molecule has 0 unspecified atom stereocenters. The number of halogens is 1. The van der Waals surface area contributed by atoms with Crippen molar-refractivity contribution in [1.82, 2.24) is 10.2 Å². The van der Waals surface area contributed by atoms with E-state index in [4.69, 9.17) is 9.47 Å². The highest BCUT2D eigenvalue weighted by Crippen LogP contribution is 2.45. The van der Waals surface area contributed by atoms with Crippen LogP contribution in [0.1, 0.15) is 5.56 Å². The number of anilines is 2. The number of nitrogens with one attached hydrogen (secondary N) is 3. The van der Waals surface area contributed by atoms with Gasteiger partial charge in [-0.1, -0.05) is 6.07 Å². The molecule has 2 aromatic carbocycles. The lowest BCUT2D eigenvalue weighted by atomic mass is 10.1. The molecule has 2 aromatic rings. The van der Waals surface area contributed by atoms with E-state index >= 15 is 0 Å². The molecule has 3 N–H and O–H groups in total. The van der Waals surface area contributed by atoms with Gasteiger partial charge in [-0.25, -0.2) is 4.39 Å².